The van der Waals surface area contributed by atoms with Gasteiger partial charge < -0.3 is 14.6 Å². The minimum atomic E-state index is 0.168. The maximum atomic E-state index is 8.89. The van der Waals surface area contributed by atoms with Crippen LogP contribution in [0, 0.1) is 6.92 Å². The highest BCUT2D eigenvalue weighted by molar-refractivity contribution is 6.31. The van der Waals surface area contributed by atoms with Crippen molar-refractivity contribution < 1.29 is 14.6 Å². The zero-order valence-corrected chi connectivity index (χ0v) is 10.0. The van der Waals surface area contributed by atoms with Gasteiger partial charge >= 0.3 is 0 Å². The Morgan fingerprint density at radius 3 is 2.88 bits per heavy atom. The minimum Gasteiger partial charge on any atom is -0.486 e. The molecule has 0 amide bonds. The predicted octanol–water partition coefficient (Wildman–Crippen LogP) is 2.34. The topological polar surface area (TPSA) is 38.7 Å². The summed E-state index contributed by atoms with van der Waals surface area (Å²) in [5.41, 5.74) is 2.07. The fraction of sp³-hybridized carbons (Fsp3) is 0.500. The van der Waals surface area contributed by atoms with Crippen molar-refractivity contribution in [3.05, 3.63) is 22.2 Å². The van der Waals surface area contributed by atoms with E-state index in [2.05, 4.69) is 0 Å². The van der Waals surface area contributed by atoms with Crippen LogP contribution in [0.4, 0.5) is 0 Å². The Kier molecular flexibility index (Phi) is 3.56. The van der Waals surface area contributed by atoms with Crippen molar-refractivity contribution in [2.45, 2.75) is 19.8 Å². The lowest BCUT2D eigenvalue weighted by molar-refractivity contribution is 0.169. The normalized spacial score (nSPS) is 13.9. The maximum absolute atomic E-state index is 8.89. The fourth-order valence-corrected chi connectivity index (χ4v) is 2.08. The van der Waals surface area contributed by atoms with Crippen LogP contribution in [0.3, 0.4) is 0 Å². The molecule has 1 heterocycles. The molecule has 0 aliphatic carbocycles. The molecule has 0 spiro atoms. The molecule has 0 aromatic heterocycles. The van der Waals surface area contributed by atoms with Crippen molar-refractivity contribution in [1.29, 1.82) is 0 Å². The average molecular weight is 243 g/mol. The van der Waals surface area contributed by atoms with Crippen LogP contribution in [-0.4, -0.2) is 24.9 Å². The van der Waals surface area contributed by atoms with Gasteiger partial charge in [-0.15, -0.1) is 0 Å². The smallest absolute Gasteiger partial charge is 0.164 e. The van der Waals surface area contributed by atoms with E-state index >= 15 is 0 Å². The highest BCUT2D eigenvalue weighted by atomic mass is 35.5. The first-order valence-corrected chi connectivity index (χ1v) is 5.80. The van der Waals surface area contributed by atoms with Gasteiger partial charge in [-0.2, -0.15) is 0 Å². The van der Waals surface area contributed by atoms with Crippen LogP contribution < -0.4 is 9.47 Å². The molecule has 1 aliphatic rings. The SMILES string of the molecule is Cc1c(Cl)cc2c(c1CCCO)OCCO2. The van der Waals surface area contributed by atoms with E-state index in [1.807, 2.05) is 6.92 Å². The zero-order valence-electron chi connectivity index (χ0n) is 9.25. The summed E-state index contributed by atoms with van der Waals surface area (Å²) < 4.78 is 11.1. The second-order valence-corrected chi connectivity index (χ2v) is 4.22. The molecule has 1 aromatic rings. The molecule has 0 bridgehead atoms. The standard InChI is InChI=1S/C12H15ClO3/c1-8-9(3-2-4-14)12-11(7-10(8)13)15-5-6-16-12/h7,14H,2-6H2,1H3. The van der Waals surface area contributed by atoms with E-state index in [9.17, 15) is 0 Å². The van der Waals surface area contributed by atoms with Crippen LogP contribution >= 0.6 is 11.6 Å². The summed E-state index contributed by atoms with van der Waals surface area (Å²) >= 11 is 6.13. The van der Waals surface area contributed by atoms with E-state index in [4.69, 9.17) is 26.2 Å². The van der Waals surface area contributed by atoms with E-state index in [1.54, 1.807) is 6.07 Å². The Balaban J connectivity index is 2.41. The number of benzene rings is 1. The summed E-state index contributed by atoms with van der Waals surface area (Å²) in [5.74, 6) is 1.51. The highest BCUT2D eigenvalue weighted by Gasteiger charge is 2.19. The van der Waals surface area contributed by atoms with Gasteiger partial charge in [-0.3, -0.25) is 0 Å². The maximum Gasteiger partial charge on any atom is 0.164 e. The number of aliphatic hydroxyl groups is 1. The molecule has 1 N–H and O–H groups in total. The first-order valence-electron chi connectivity index (χ1n) is 5.42. The number of hydrogen-bond donors (Lipinski definition) is 1. The third-order valence-electron chi connectivity index (χ3n) is 2.74. The molecule has 0 unspecified atom stereocenters. The second-order valence-electron chi connectivity index (χ2n) is 3.81. The quantitative estimate of drug-likeness (QED) is 0.884. The van der Waals surface area contributed by atoms with E-state index < -0.39 is 0 Å². The lowest BCUT2D eigenvalue weighted by Crippen LogP contribution is -2.17. The van der Waals surface area contributed by atoms with Crippen LogP contribution in [0.5, 0.6) is 11.5 Å². The monoisotopic (exact) mass is 242 g/mol. The molecule has 0 fully saturated rings. The van der Waals surface area contributed by atoms with E-state index in [0.29, 0.717) is 24.7 Å². The molecule has 0 atom stereocenters. The van der Waals surface area contributed by atoms with E-state index in [1.165, 1.54) is 0 Å². The predicted molar refractivity (Wildman–Crippen MR) is 62.6 cm³/mol. The molecule has 88 valence electrons. The molecule has 16 heavy (non-hydrogen) atoms. The Morgan fingerprint density at radius 1 is 1.38 bits per heavy atom. The van der Waals surface area contributed by atoms with Crippen LogP contribution in [0.15, 0.2) is 6.07 Å². The van der Waals surface area contributed by atoms with Crippen molar-refractivity contribution >= 4 is 11.6 Å². The summed E-state index contributed by atoms with van der Waals surface area (Å²) in [6, 6.07) is 1.80. The van der Waals surface area contributed by atoms with Gasteiger partial charge in [0.15, 0.2) is 11.5 Å². The van der Waals surface area contributed by atoms with Gasteiger partial charge in [0.05, 0.1) is 0 Å². The van der Waals surface area contributed by atoms with Crippen LogP contribution in [0.2, 0.25) is 5.02 Å². The Morgan fingerprint density at radius 2 is 2.12 bits per heavy atom. The molecule has 1 aliphatic heterocycles. The number of ether oxygens (including phenoxy) is 2. The fourth-order valence-electron chi connectivity index (χ4n) is 1.87. The molecule has 4 heteroatoms. The van der Waals surface area contributed by atoms with Gasteiger partial charge in [0, 0.05) is 23.3 Å². The summed E-state index contributed by atoms with van der Waals surface area (Å²) in [4.78, 5) is 0. The molecular weight excluding hydrogens is 228 g/mol. The van der Waals surface area contributed by atoms with Crippen molar-refractivity contribution in [2.75, 3.05) is 19.8 Å². The van der Waals surface area contributed by atoms with Crippen LogP contribution in [-0.2, 0) is 6.42 Å². The van der Waals surface area contributed by atoms with Gasteiger partial charge in [0.2, 0.25) is 0 Å². The Labute approximate surface area is 99.9 Å². The summed E-state index contributed by atoms with van der Waals surface area (Å²) in [7, 11) is 0. The highest BCUT2D eigenvalue weighted by Crippen LogP contribution is 2.40. The minimum absolute atomic E-state index is 0.168. The van der Waals surface area contributed by atoms with E-state index in [0.717, 1.165) is 29.0 Å². The number of hydrogen-bond acceptors (Lipinski definition) is 3. The zero-order chi connectivity index (χ0) is 11.5. The number of halogens is 1. The third kappa shape index (κ3) is 2.11. The lowest BCUT2D eigenvalue weighted by Gasteiger charge is -2.23. The largest absolute Gasteiger partial charge is 0.486 e. The van der Waals surface area contributed by atoms with Crippen molar-refractivity contribution in [3.63, 3.8) is 0 Å². The summed E-state index contributed by atoms with van der Waals surface area (Å²) in [6.07, 6.45) is 1.46. The number of aliphatic hydroxyl groups excluding tert-OH is 1. The van der Waals surface area contributed by atoms with Gasteiger partial charge in [-0.25, -0.2) is 0 Å². The molecule has 0 radical (unpaired) electrons. The van der Waals surface area contributed by atoms with Crippen molar-refractivity contribution in [3.8, 4) is 11.5 Å². The first kappa shape index (κ1) is 11.6. The summed E-state index contributed by atoms with van der Waals surface area (Å²) in [6.45, 7) is 3.26. The van der Waals surface area contributed by atoms with Crippen LogP contribution in [0.1, 0.15) is 17.5 Å². The van der Waals surface area contributed by atoms with Crippen molar-refractivity contribution in [1.82, 2.24) is 0 Å². The molecule has 1 aromatic carbocycles. The Bertz CT molecular complexity index is 390. The molecule has 2 rings (SSSR count). The van der Waals surface area contributed by atoms with Crippen LogP contribution in [0.25, 0.3) is 0 Å². The molecule has 0 saturated carbocycles. The third-order valence-corrected chi connectivity index (χ3v) is 3.13. The van der Waals surface area contributed by atoms with Gasteiger partial charge in [0.1, 0.15) is 13.2 Å². The molecular formula is C12H15ClO3. The van der Waals surface area contributed by atoms with Gasteiger partial charge in [-0.1, -0.05) is 11.6 Å². The average Bonchev–Trinajstić information content (AvgIpc) is 2.30. The first-order chi connectivity index (χ1) is 7.74. The number of fused-ring (bicyclic) bond motifs is 1. The lowest BCUT2D eigenvalue weighted by atomic mass is 10.0. The number of rotatable bonds is 3. The van der Waals surface area contributed by atoms with Gasteiger partial charge in [-0.05, 0) is 25.3 Å². The van der Waals surface area contributed by atoms with Crippen molar-refractivity contribution in [2.24, 2.45) is 0 Å². The second kappa shape index (κ2) is 4.93. The Hall–Kier alpha value is -0.930. The van der Waals surface area contributed by atoms with E-state index in [-0.39, 0.29) is 6.61 Å². The van der Waals surface area contributed by atoms with Gasteiger partial charge in [0.25, 0.3) is 0 Å². The molecule has 3 nitrogen and oxygen atoms in total. The summed E-state index contributed by atoms with van der Waals surface area (Å²) in [5, 5.41) is 9.58. The molecule has 0 saturated heterocycles.